The molecule has 0 aliphatic heterocycles. The van der Waals surface area contributed by atoms with Crippen molar-refractivity contribution in [2.75, 3.05) is 0 Å². The number of halogens is 1. The Morgan fingerprint density at radius 3 is 2.58 bits per heavy atom. The molecule has 4 rings (SSSR count). The van der Waals surface area contributed by atoms with Crippen molar-refractivity contribution in [3.05, 3.63) is 60.4 Å². The second-order valence-corrected chi connectivity index (χ2v) is 5.33. The highest BCUT2D eigenvalue weighted by molar-refractivity contribution is 5.77. The van der Waals surface area contributed by atoms with Crippen LogP contribution in [0.4, 0.5) is 4.39 Å². The van der Waals surface area contributed by atoms with Gasteiger partial charge in [0.1, 0.15) is 17.3 Å². The minimum atomic E-state index is -0.571. The van der Waals surface area contributed by atoms with Crippen molar-refractivity contribution >= 4 is 5.52 Å². The first kappa shape index (κ1) is 14.1. The quantitative estimate of drug-likeness (QED) is 0.533. The van der Waals surface area contributed by atoms with Crippen LogP contribution in [-0.4, -0.2) is 24.4 Å². The summed E-state index contributed by atoms with van der Waals surface area (Å²) in [5.74, 6) is -0.571. The molecule has 0 bridgehead atoms. The van der Waals surface area contributed by atoms with E-state index in [9.17, 15) is 9.65 Å². The lowest BCUT2D eigenvalue weighted by Gasteiger charge is -1.98. The fourth-order valence-electron chi connectivity index (χ4n) is 2.60. The van der Waals surface area contributed by atoms with E-state index in [-0.39, 0.29) is 0 Å². The van der Waals surface area contributed by atoms with Crippen molar-refractivity contribution in [2.45, 2.75) is 0 Å². The summed E-state index contributed by atoms with van der Waals surface area (Å²) in [6, 6.07) is 10.6. The Balaban J connectivity index is 1.90. The topological polar surface area (TPSA) is 71.8 Å². The lowest BCUT2D eigenvalue weighted by atomic mass is 10.1. The van der Waals surface area contributed by atoms with E-state index in [2.05, 4.69) is 21.3 Å². The lowest BCUT2D eigenvalue weighted by Crippen LogP contribution is -1.91. The first-order chi connectivity index (χ1) is 11.7. The van der Waals surface area contributed by atoms with Crippen LogP contribution in [0.15, 0.2) is 48.9 Å². The molecule has 0 fully saturated rings. The average molecular weight is 318 g/mol. The maximum atomic E-state index is 13.0. The maximum absolute atomic E-state index is 13.0. The number of nitriles is 1. The summed E-state index contributed by atoms with van der Waals surface area (Å²) in [5.41, 5.74) is 3.88. The number of aryl methyl sites for hydroxylation is 1. The molecule has 0 radical (unpaired) electrons. The number of pyridine rings is 2. The summed E-state index contributed by atoms with van der Waals surface area (Å²) < 4.78 is 16.4. The molecule has 24 heavy (non-hydrogen) atoms. The van der Waals surface area contributed by atoms with Gasteiger partial charge in [0.05, 0.1) is 11.2 Å². The van der Waals surface area contributed by atoms with E-state index in [1.54, 1.807) is 15.3 Å². The molecule has 4 heterocycles. The van der Waals surface area contributed by atoms with E-state index >= 15 is 0 Å². The van der Waals surface area contributed by atoms with Gasteiger partial charge in [-0.05, 0) is 30.3 Å². The normalized spacial score (nSPS) is 10.9. The summed E-state index contributed by atoms with van der Waals surface area (Å²) in [7, 11) is 1.85. The average Bonchev–Trinajstić information content (AvgIpc) is 3.18. The Kier molecular flexibility index (Phi) is 3.10. The monoisotopic (exact) mass is 318 g/mol. The zero-order valence-corrected chi connectivity index (χ0v) is 12.7. The van der Waals surface area contributed by atoms with Crippen molar-refractivity contribution in [3.8, 4) is 28.6 Å². The molecule has 0 saturated carbocycles. The number of hydrogen-bond acceptors (Lipinski definition) is 4. The van der Waals surface area contributed by atoms with Gasteiger partial charge in [-0.1, -0.05) is 0 Å². The highest BCUT2D eigenvalue weighted by Crippen LogP contribution is 2.27. The second-order valence-electron chi connectivity index (χ2n) is 5.33. The second kappa shape index (κ2) is 5.28. The number of hydrogen-bond donors (Lipinski definition) is 0. The summed E-state index contributed by atoms with van der Waals surface area (Å²) in [6.07, 6.45) is 5.05. The first-order valence-electron chi connectivity index (χ1n) is 7.20. The summed E-state index contributed by atoms with van der Waals surface area (Å²) in [4.78, 5) is 3.63. The largest absolute Gasteiger partial charge is 0.275 e. The molecule has 0 unspecified atom stereocenters. The molecule has 0 N–H and O–H groups in total. The highest BCUT2D eigenvalue weighted by Gasteiger charge is 2.15. The number of nitrogens with zero attached hydrogens (tertiary/aromatic N) is 6. The lowest BCUT2D eigenvalue weighted by molar-refractivity contribution is 0.584. The zero-order valence-electron chi connectivity index (χ0n) is 12.7. The van der Waals surface area contributed by atoms with Crippen LogP contribution in [0.25, 0.3) is 28.0 Å². The predicted octanol–water partition coefficient (Wildman–Crippen LogP) is 2.81. The number of aromatic nitrogens is 5. The van der Waals surface area contributed by atoms with Gasteiger partial charge in [-0.15, -0.1) is 0 Å². The van der Waals surface area contributed by atoms with E-state index in [0.29, 0.717) is 22.3 Å². The molecule has 0 aliphatic carbocycles. The van der Waals surface area contributed by atoms with Crippen LogP contribution in [0.5, 0.6) is 0 Å². The van der Waals surface area contributed by atoms with Crippen LogP contribution < -0.4 is 0 Å². The van der Waals surface area contributed by atoms with Crippen LogP contribution in [0, 0.1) is 17.3 Å². The van der Waals surface area contributed by atoms with Crippen LogP contribution in [0.3, 0.4) is 0 Å². The van der Waals surface area contributed by atoms with Gasteiger partial charge in [0.25, 0.3) is 0 Å². The van der Waals surface area contributed by atoms with Crippen LogP contribution >= 0.6 is 0 Å². The molecular weight excluding hydrogens is 307 g/mol. The summed E-state index contributed by atoms with van der Waals surface area (Å²) >= 11 is 0. The molecule has 0 amide bonds. The van der Waals surface area contributed by atoms with Gasteiger partial charge in [-0.25, -0.2) is 9.50 Å². The van der Waals surface area contributed by atoms with Gasteiger partial charge in [0, 0.05) is 36.8 Å². The Labute approximate surface area is 136 Å². The molecule has 4 aromatic heterocycles. The molecule has 0 aromatic carbocycles. The Bertz CT molecular complexity index is 1080. The molecule has 0 atom stereocenters. The third-order valence-electron chi connectivity index (χ3n) is 3.75. The minimum Gasteiger partial charge on any atom is -0.275 e. The van der Waals surface area contributed by atoms with Gasteiger partial charge in [-0.2, -0.15) is 19.8 Å². The fourth-order valence-corrected chi connectivity index (χ4v) is 2.60. The maximum Gasteiger partial charge on any atom is 0.212 e. The standard InChI is InChI=1S/C17H11FN6/c1-23-7-6-14(21-23)12-2-4-15-13(8-19)17(22-24(15)10-12)11-3-5-16(18)20-9-11/h2-7,9-10H,1H3. The Morgan fingerprint density at radius 2 is 1.92 bits per heavy atom. The van der Waals surface area contributed by atoms with Crippen LogP contribution in [0.1, 0.15) is 5.56 Å². The van der Waals surface area contributed by atoms with Gasteiger partial charge < -0.3 is 0 Å². The fraction of sp³-hybridized carbons (Fsp3) is 0.0588. The van der Waals surface area contributed by atoms with Crippen molar-refractivity contribution in [1.29, 1.82) is 5.26 Å². The van der Waals surface area contributed by atoms with Crippen molar-refractivity contribution in [3.63, 3.8) is 0 Å². The van der Waals surface area contributed by atoms with Crippen LogP contribution in [0.2, 0.25) is 0 Å². The summed E-state index contributed by atoms with van der Waals surface area (Å²) in [6.45, 7) is 0. The summed E-state index contributed by atoms with van der Waals surface area (Å²) in [5, 5.41) is 18.3. The SMILES string of the molecule is Cn1ccc(-c2ccc3c(C#N)c(-c4ccc(F)nc4)nn3c2)n1. The first-order valence-corrected chi connectivity index (χ1v) is 7.20. The molecule has 4 aromatic rings. The van der Waals surface area contributed by atoms with Crippen LogP contribution in [-0.2, 0) is 7.05 Å². The molecule has 6 nitrogen and oxygen atoms in total. The van der Waals surface area contributed by atoms with Gasteiger partial charge >= 0.3 is 0 Å². The molecule has 0 saturated heterocycles. The third-order valence-corrected chi connectivity index (χ3v) is 3.75. The Hall–Kier alpha value is -3.53. The molecular formula is C17H11FN6. The smallest absolute Gasteiger partial charge is 0.212 e. The van der Waals surface area contributed by atoms with Gasteiger partial charge in [-0.3, -0.25) is 4.68 Å². The molecule has 0 aliphatic rings. The van der Waals surface area contributed by atoms with E-state index in [4.69, 9.17) is 0 Å². The van der Waals surface area contributed by atoms with Crippen molar-refractivity contribution in [2.24, 2.45) is 7.05 Å². The van der Waals surface area contributed by atoms with Crippen molar-refractivity contribution < 1.29 is 4.39 Å². The third kappa shape index (κ3) is 2.21. The van der Waals surface area contributed by atoms with E-state index < -0.39 is 5.95 Å². The molecule has 116 valence electrons. The minimum absolute atomic E-state index is 0.427. The van der Waals surface area contributed by atoms with E-state index in [1.165, 1.54) is 12.3 Å². The van der Waals surface area contributed by atoms with Gasteiger partial charge in [0.15, 0.2) is 0 Å². The van der Waals surface area contributed by atoms with E-state index in [0.717, 1.165) is 11.3 Å². The van der Waals surface area contributed by atoms with E-state index in [1.807, 2.05) is 37.6 Å². The molecule has 7 heteroatoms. The number of rotatable bonds is 2. The number of fused-ring (bicyclic) bond motifs is 1. The van der Waals surface area contributed by atoms with Gasteiger partial charge in [0.2, 0.25) is 5.95 Å². The predicted molar refractivity (Wildman–Crippen MR) is 85.3 cm³/mol. The van der Waals surface area contributed by atoms with Crippen molar-refractivity contribution in [1.82, 2.24) is 24.4 Å². The zero-order chi connectivity index (χ0) is 16.7. The molecule has 0 spiro atoms. The Morgan fingerprint density at radius 1 is 1.08 bits per heavy atom. The highest BCUT2D eigenvalue weighted by atomic mass is 19.1.